The van der Waals surface area contributed by atoms with E-state index in [1.807, 2.05) is 19.1 Å². The first-order valence-electron chi connectivity index (χ1n) is 8.06. The Morgan fingerprint density at radius 3 is 2.23 bits per heavy atom. The summed E-state index contributed by atoms with van der Waals surface area (Å²) >= 11 is 0. The summed E-state index contributed by atoms with van der Waals surface area (Å²) in [5.74, 6) is 1.98. The molecule has 2 aromatic carbocycles. The summed E-state index contributed by atoms with van der Waals surface area (Å²) in [6, 6.07) is 12.5. The molecule has 0 bridgehead atoms. The highest BCUT2D eigenvalue weighted by Crippen LogP contribution is 2.26. The summed E-state index contributed by atoms with van der Waals surface area (Å²) < 4.78 is 21.3. The predicted octanol–water partition coefficient (Wildman–Crippen LogP) is 2.63. The molecule has 0 atom stereocenters. The van der Waals surface area contributed by atoms with Crippen LogP contribution in [0.5, 0.6) is 23.0 Å². The SMILES string of the molecule is CCOc1ccccc1OCC(=O)N/N=C/c1cc(OC)cc(OC)c1. The van der Waals surface area contributed by atoms with Crippen molar-refractivity contribution in [2.75, 3.05) is 27.4 Å². The Morgan fingerprint density at radius 1 is 1.04 bits per heavy atom. The average Bonchev–Trinajstić information content (AvgIpc) is 2.67. The van der Waals surface area contributed by atoms with Gasteiger partial charge in [-0.05, 0) is 31.2 Å². The number of hydrogen-bond donors (Lipinski definition) is 1. The van der Waals surface area contributed by atoms with E-state index < -0.39 is 0 Å². The van der Waals surface area contributed by atoms with E-state index in [4.69, 9.17) is 18.9 Å². The summed E-state index contributed by atoms with van der Waals surface area (Å²) in [4.78, 5) is 11.9. The van der Waals surface area contributed by atoms with Crippen LogP contribution in [0.15, 0.2) is 47.6 Å². The van der Waals surface area contributed by atoms with E-state index in [9.17, 15) is 4.79 Å². The molecule has 0 saturated carbocycles. The monoisotopic (exact) mass is 358 g/mol. The van der Waals surface area contributed by atoms with Gasteiger partial charge in [-0.25, -0.2) is 5.43 Å². The van der Waals surface area contributed by atoms with Crippen LogP contribution in [0.4, 0.5) is 0 Å². The van der Waals surface area contributed by atoms with Gasteiger partial charge in [-0.2, -0.15) is 5.10 Å². The maximum atomic E-state index is 11.9. The number of amides is 1. The van der Waals surface area contributed by atoms with Gasteiger partial charge in [-0.3, -0.25) is 4.79 Å². The maximum absolute atomic E-state index is 11.9. The Morgan fingerprint density at radius 2 is 1.65 bits per heavy atom. The van der Waals surface area contributed by atoms with Gasteiger partial charge in [0.05, 0.1) is 27.0 Å². The van der Waals surface area contributed by atoms with Crippen LogP contribution in [0.1, 0.15) is 12.5 Å². The fraction of sp³-hybridized carbons (Fsp3) is 0.263. The molecule has 26 heavy (non-hydrogen) atoms. The molecule has 7 nitrogen and oxygen atoms in total. The molecule has 1 N–H and O–H groups in total. The van der Waals surface area contributed by atoms with Crippen LogP contribution in [0, 0.1) is 0 Å². The van der Waals surface area contributed by atoms with Crippen LogP contribution in [-0.4, -0.2) is 39.6 Å². The molecular formula is C19H22N2O5. The number of hydrogen-bond acceptors (Lipinski definition) is 6. The molecule has 0 radical (unpaired) electrons. The lowest BCUT2D eigenvalue weighted by Crippen LogP contribution is -2.24. The molecule has 2 aromatic rings. The summed E-state index contributed by atoms with van der Waals surface area (Å²) in [7, 11) is 3.13. The first-order chi connectivity index (χ1) is 12.7. The standard InChI is InChI=1S/C19H22N2O5/c1-4-25-17-7-5-6-8-18(17)26-13-19(22)21-20-12-14-9-15(23-2)11-16(10-14)24-3/h5-12H,4,13H2,1-3H3,(H,21,22)/b20-12+. The van der Waals surface area contributed by atoms with E-state index in [-0.39, 0.29) is 12.5 Å². The van der Waals surface area contributed by atoms with Crippen molar-refractivity contribution < 1.29 is 23.7 Å². The minimum absolute atomic E-state index is 0.178. The summed E-state index contributed by atoms with van der Waals surface area (Å²) in [5, 5.41) is 3.92. The van der Waals surface area contributed by atoms with Crippen LogP contribution in [0.2, 0.25) is 0 Å². The topological polar surface area (TPSA) is 78.4 Å². The molecule has 0 saturated heterocycles. The molecule has 1 amide bonds. The van der Waals surface area contributed by atoms with Crippen molar-refractivity contribution in [2.45, 2.75) is 6.92 Å². The molecule has 0 aliphatic carbocycles. The quantitative estimate of drug-likeness (QED) is 0.551. The number of methoxy groups -OCH3 is 2. The zero-order valence-corrected chi connectivity index (χ0v) is 15.0. The highest BCUT2D eigenvalue weighted by atomic mass is 16.5. The Labute approximate surface area is 152 Å². The molecule has 0 unspecified atom stereocenters. The molecule has 2 rings (SSSR count). The summed E-state index contributed by atoms with van der Waals surface area (Å²) in [6.45, 7) is 2.22. The molecule has 0 aliphatic heterocycles. The lowest BCUT2D eigenvalue weighted by atomic mass is 10.2. The third-order valence-corrected chi connectivity index (χ3v) is 3.28. The van der Waals surface area contributed by atoms with Crippen molar-refractivity contribution in [3.8, 4) is 23.0 Å². The second kappa shape index (κ2) is 9.93. The van der Waals surface area contributed by atoms with Crippen molar-refractivity contribution in [1.82, 2.24) is 5.43 Å². The number of carbonyl (C=O) groups is 1. The number of nitrogens with zero attached hydrogens (tertiary/aromatic N) is 1. The van der Waals surface area contributed by atoms with Gasteiger partial charge in [0.25, 0.3) is 5.91 Å². The van der Waals surface area contributed by atoms with Gasteiger partial charge in [0, 0.05) is 11.6 Å². The molecule has 138 valence electrons. The van der Waals surface area contributed by atoms with E-state index in [0.717, 1.165) is 5.56 Å². The predicted molar refractivity (Wildman–Crippen MR) is 98.4 cm³/mol. The first kappa shape index (κ1) is 19.1. The molecule has 7 heteroatoms. The second-order valence-electron chi connectivity index (χ2n) is 5.11. The highest BCUT2D eigenvalue weighted by molar-refractivity contribution is 5.83. The van der Waals surface area contributed by atoms with Crippen LogP contribution in [-0.2, 0) is 4.79 Å². The van der Waals surface area contributed by atoms with Crippen molar-refractivity contribution in [3.63, 3.8) is 0 Å². The minimum atomic E-state index is -0.387. The molecular weight excluding hydrogens is 336 g/mol. The fourth-order valence-corrected chi connectivity index (χ4v) is 2.10. The van der Waals surface area contributed by atoms with E-state index >= 15 is 0 Å². The number of carbonyl (C=O) groups excluding carboxylic acids is 1. The van der Waals surface area contributed by atoms with Crippen molar-refractivity contribution in [2.24, 2.45) is 5.10 Å². The van der Waals surface area contributed by atoms with Crippen molar-refractivity contribution in [3.05, 3.63) is 48.0 Å². The third-order valence-electron chi connectivity index (χ3n) is 3.28. The Kier molecular flexibility index (Phi) is 7.30. The lowest BCUT2D eigenvalue weighted by Gasteiger charge is -2.10. The molecule has 0 aliphatic rings. The Balaban J connectivity index is 1.90. The summed E-state index contributed by atoms with van der Waals surface area (Å²) in [5.41, 5.74) is 3.14. The van der Waals surface area contributed by atoms with Gasteiger partial charge in [0.2, 0.25) is 0 Å². The molecule has 0 heterocycles. The normalized spacial score (nSPS) is 10.4. The Bertz CT molecular complexity index is 739. The third kappa shape index (κ3) is 5.70. The largest absolute Gasteiger partial charge is 0.497 e. The van der Waals surface area contributed by atoms with Crippen LogP contribution >= 0.6 is 0 Å². The molecule has 0 fully saturated rings. The zero-order chi connectivity index (χ0) is 18.8. The number of rotatable bonds is 9. The number of ether oxygens (including phenoxy) is 4. The van der Waals surface area contributed by atoms with Crippen molar-refractivity contribution in [1.29, 1.82) is 0 Å². The zero-order valence-electron chi connectivity index (χ0n) is 15.0. The van der Waals surface area contributed by atoms with Gasteiger partial charge in [-0.1, -0.05) is 12.1 Å². The lowest BCUT2D eigenvalue weighted by molar-refractivity contribution is -0.123. The van der Waals surface area contributed by atoms with Gasteiger partial charge in [-0.15, -0.1) is 0 Å². The van der Waals surface area contributed by atoms with Gasteiger partial charge in [0.1, 0.15) is 11.5 Å². The number of nitrogens with one attached hydrogen (secondary N) is 1. The van der Waals surface area contributed by atoms with Crippen LogP contribution in [0.25, 0.3) is 0 Å². The molecule has 0 aromatic heterocycles. The first-order valence-corrected chi connectivity index (χ1v) is 8.06. The van der Waals surface area contributed by atoms with Gasteiger partial charge < -0.3 is 18.9 Å². The average molecular weight is 358 g/mol. The molecule has 0 spiro atoms. The van der Waals surface area contributed by atoms with Crippen molar-refractivity contribution >= 4 is 12.1 Å². The summed E-state index contributed by atoms with van der Waals surface area (Å²) in [6.07, 6.45) is 1.50. The second-order valence-corrected chi connectivity index (χ2v) is 5.11. The van der Waals surface area contributed by atoms with E-state index in [1.54, 1.807) is 44.6 Å². The van der Waals surface area contributed by atoms with Crippen LogP contribution < -0.4 is 24.4 Å². The van der Waals surface area contributed by atoms with E-state index in [0.29, 0.717) is 29.6 Å². The van der Waals surface area contributed by atoms with Crippen LogP contribution in [0.3, 0.4) is 0 Å². The highest BCUT2D eigenvalue weighted by Gasteiger charge is 2.06. The minimum Gasteiger partial charge on any atom is -0.497 e. The smallest absolute Gasteiger partial charge is 0.277 e. The number of para-hydroxylation sites is 2. The fourth-order valence-electron chi connectivity index (χ4n) is 2.10. The Hall–Kier alpha value is -3.22. The number of hydrazone groups is 1. The van der Waals surface area contributed by atoms with Gasteiger partial charge >= 0.3 is 0 Å². The maximum Gasteiger partial charge on any atom is 0.277 e. The van der Waals surface area contributed by atoms with Gasteiger partial charge in [0.15, 0.2) is 18.1 Å². The van der Waals surface area contributed by atoms with E-state index in [2.05, 4.69) is 10.5 Å². The number of benzene rings is 2. The van der Waals surface area contributed by atoms with E-state index in [1.165, 1.54) is 6.21 Å².